The van der Waals surface area contributed by atoms with E-state index >= 15 is 0 Å². The number of hydrogen-bond acceptors (Lipinski definition) is 6. The Morgan fingerprint density at radius 1 is 1.14 bits per heavy atom. The SMILES string of the molecule is N#Cc1cccc(OCCSc2nc3ccccc3c(=O)n2Cc2ccco2)c1. The van der Waals surface area contributed by atoms with E-state index in [4.69, 9.17) is 14.4 Å². The zero-order chi connectivity index (χ0) is 20.1. The van der Waals surface area contributed by atoms with Gasteiger partial charge in [0.2, 0.25) is 0 Å². The van der Waals surface area contributed by atoms with Crippen molar-refractivity contribution in [3.05, 3.63) is 88.6 Å². The smallest absolute Gasteiger partial charge is 0.262 e. The highest BCUT2D eigenvalue weighted by molar-refractivity contribution is 7.99. The van der Waals surface area contributed by atoms with Crippen molar-refractivity contribution >= 4 is 22.7 Å². The Morgan fingerprint density at radius 2 is 2.03 bits per heavy atom. The van der Waals surface area contributed by atoms with Gasteiger partial charge in [-0.3, -0.25) is 9.36 Å². The minimum Gasteiger partial charge on any atom is -0.493 e. The van der Waals surface area contributed by atoms with E-state index in [1.807, 2.05) is 30.3 Å². The van der Waals surface area contributed by atoms with E-state index in [9.17, 15) is 4.79 Å². The standard InChI is InChI=1S/C22H17N3O3S/c23-14-16-5-3-6-17(13-16)28-11-12-29-22-24-20-9-2-1-8-19(20)21(26)25(22)15-18-7-4-10-27-18/h1-10,13H,11-12,15H2. The van der Waals surface area contributed by atoms with Crippen LogP contribution in [-0.4, -0.2) is 21.9 Å². The highest BCUT2D eigenvalue weighted by Crippen LogP contribution is 2.20. The number of rotatable bonds is 7. The van der Waals surface area contributed by atoms with Gasteiger partial charge in [-0.25, -0.2) is 4.98 Å². The van der Waals surface area contributed by atoms with Crippen LogP contribution in [0.5, 0.6) is 5.75 Å². The summed E-state index contributed by atoms with van der Waals surface area (Å²) < 4.78 is 12.8. The van der Waals surface area contributed by atoms with Gasteiger partial charge in [-0.05, 0) is 42.5 Å². The van der Waals surface area contributed by atoms with E-state index in [0.29, 0.717) is 52.0 Å². The first-order chi connectivity index (χ1) is 14.2. The van der Waals surface area contributed by atoms with Crippen LogP contribution in [0.15, 0.2) is 81.3 Å². The molecule has 29 heavy (non-hydrogen) atoms. The van der Waals surface area contributed by atoms with Gasteiger partial charge in [0.05, 0.1) is 42.0 Å². The minimum atomic E-state index is -0.0999. The molecule has 0 N–H and O–H groups in total. The molecule has 0 bridgehead atoms. The molecule has 0 amide bonds. The van der Waals surface area contributed by atoms with Crippen LogP contribution in [0.3, 0.4) is 0 Å². The third-order valence-electron chi connectivity index (χ3n) is 4.27. The molecule has 0 saturated heterocycles. The van der Waals surface area contributed by atoms with Crippen LogP contribution in [0.1, 0.15) is 11.3 Å². The Hall–Kier alpha value is -3.50. The molecule has 4 aromatic rings. The molecular formula is C22H17N3O3S. The molecule has 0 aliphatic heterocycles. The number of nitrogens with zero attached hydrogens (tertiary/aromatic N) is 3. The fourth-order valence-electron chi connectivity index (χ4n) is 2.90. The lowest BCUT2D eigenvalue weighted by molar-refractivity contribution is 0.343. The van der Waals surface area contributed by atoms with Gasteiger partial charge in [-0.1, -0.05) is 30.0 Å². The van der Waals surface area contributed by atoms with Crippen LogP contribution in [0.25, 0.3) is 10.9 Å². The summed E-state index contributed by atoms with van der Waals surface area (Å²) >= 11 is 1.45. The third-order valence-corrected chi connectivity index (χ3v) is 5.21. The van der Waals surface area contributed by atoms with Crippen LogP contribution < -0.4 is 10.3 Å². The average molecular weight is 403 g/mol. The van der Waals surface area contributed by atoms with Gasteiger partial charge in [0.1, 0.15) is 11.5 Å². The second-order valence-corrected chi connectivity index (χ2v) is 7.28. The maximum Gasteiger partial charge on any atom is 0.262 e. The molecular weight excluding hydrogens is 386 g/mol. The summed E-state index contributed by atoms with van der Waals surface area (Å²) in [6.45, 7) is 0.736. The van der Waals surface area contributed by atoms with Crippen molar-refractivity contribution in [3.63, 3.8) is 0 Å². The van der Waals surface area contributed by atoms with E-state index in [1.54, 1.807) is 41.2 Å². The van der Waals surface area contributed by atoms with Gasteiger partial charge in [0, 0.05) is 5.75 Å². The first-order valence-corrected chi connectivity index (χ1v) is 10.0. The number of thioether (sulfide) groups is 1. The zero-order valence-corrected chi connectivity index (χ0v) is 16.3. The van der Waals surface area contributed by atoms with Gasteiger partial charge in [-0.2, -0.15) is 5.26 Å². The average Bonchev–Trinajstić information content (AvgIpc) is 3.27. The van der Waals surface area contributed by atoms with E-state index in [2.05, 4.69) is 11.1 Å². The number of benzene rings is 2. The predicted octanol–water partition coefficient (Wildman–Crippen LogP) is 4.08. The molecule has 0 spiro atoms. The minimum absolute atomic E-state index is 0.0999. The topological polar surface area (TPSA) is 81.0 Å². The lowest BCUT2D eigenvalue weighted by atomic mass is 10.2. The molecule has 4 rings (SSSR count). The molecule has 0 aliphatic carbocycles. The molecule has 2 aromatic carbocycles. The lowest BCUT2D eigenvalue weighted by Crippen LogP contribution is -2.24. The normalized spacial score (nSPS) is 10.7. The van der Waals surface area contributed by atoms with Gasteiger partial charge in [-0.15, -0.1) is 0 Å². The lowest BCUT2D eigenvalue weighted by Gasteiger charge is -2.12. The Kier molecular flexibility index (Phi) is 5.63. The van der Waals surface area contributed by atoms with Crippen LogP contribution in [0.2, 0.25) is 0 Å². The van der Waals surface area contributed by atoms with Crippen LogP contribution in [-0.2, 0) is 6.54 Å². The fourth-order valence-corrected chi connectivity index (χ4v) is 3.72. The summed E-state index contributed by atoms with van der Waals surface area (Å²) in [4.78, 5) is 17.7. The molecule has 0 saturated carbocycles. The molecule has 2 heterocycles. The largest absolute Gasteiger partial charge is 0.493 e. The second-order valence-electron chi connectivity index (χ2n) is 6.22. The van der Waals surface area contributed by atoms with E-state index < -0.39 is 0 Å². The monoisotopic (exact) mass is 403 g/mol. The molecule has 144 valence electrons. The Morgan fingerprint density at radius 3 is 2.86 bits per heavy atom. The highest BCUT2D eigenvalue weighted by Gasteiger charge is 2.13. The second kappa shape index (κ2) is 8.67. The van der Waals surface area contributed by atoms with Crippen molar-refractivity contribution in [1.82, 2.24) is 9.55 Å². The zero-order valence-electron chi connectivity index (χ0n) is 15.4. The van der Waals surface area contributed by atoms with Crippen molar-refractivity contribution in [2.75, 3.05) is 12.4 Å². The van der Waals surface area contributed by atoms with Crippen molar-refractivity contribution in [2.45, 2.75) is 11.7 Å². The summed E-state index contributed by atoms with van der Waals surface area (Å²) in [6.07, 6.45) is 1.59. The van der Waals surface area contributed by atoms with E-state index in [0.717, 1.165) is 0 Å². The number of fused-ring (bicyclic) bond motifs is 1. The quantitative estimate of drug-likeness (QED) is 0.263. The van der Waals surface area contributed by atoms with Gasteiger partial charge in [0.25, 0.3) is 5.56 Å². The maximum atomic E-state index is 13.0. The Balaban J connectivity index is 1.53. The molecule has 0 radical (unpaired) electrons. The number of furan rings is 1. The summed E-state index contributed by atoms with van der Waals surface area (Å²) in [7, 11) is 0. The van der Waals surface area contributed by atoms with Crippen LogP contribution >= 0.6 is 11.8 Å². The van der Waals surface area contributed by atoms with Crippen molar-refractivity contribution < 1.29 is 9.15 Å². The first kappa shape index (κ1) is 18.8. The summed E-state index contributed by atoms with van der Waals surface area (Å²) in [5, 5.41) is 10.2. The molecule has 0 unspecified atom stereocenters. The molecule has 6 nitrogen and oxygen atoms in total. The molecule has 2 aromatic heterocycles. The van der Waals surface area contributed by atoms with Crippen molar-refractivity contribution in [3.8, 4) is 11.8 Å². The first-order valence-electron chi connectivity index (χ1n) is 9.02. The number of para-hydroxylation sites is 1. The number of hydrogen-bond donors (Lipinski definition) is 0. The number of nitriles is 1. The van der Waals surface area contributed by atoms with Crippen molar-refractivity contribution in [2.24, 2.45) is 0 Å². The van der Waals surface area contributed by atoms with Gasteiger partial charge in [0.15, 0.2) is 5.16 Å². The van der Waals surface area contributed by atoms with E-state index in [-0.39, 0.29) is 5.56 Å². The molecule has 0 fully saturated rings. The highest BCUT2D eigenvalue weighted by atomic mass is 32.2. The molecule has 7 heteroatoms. The third kappa shape index (κ3) is 4.33. The van der Waals surface area contributed by atoms with Gasteiger partial charge >= 0.3 is 0 Å². The molecule has 0 aliphatic rings. The predicted molar refractivity (Wildman–Crippen MR) is 111 cm³/mol. The van der Waals surface area contributed by atoms with Gasteiger partial charge < -0.3 is 9.15 Å². The molecule has 0 atom stereocenters. The maximum absolute atomic E-state index is 13.0. The number of aromatic nitrogens is 2. The summed E-state index contributed by atoms with van der Waals surface area (Å²) in [5.41, 5.74) is 1.12. The fraction of sp³-hybridized carbons (Fsp3) is 0.136. The van der Waals surface area contributed by atoms with Crippen molar-refractivity contribution in [1.29, 1.82) is 5.26 Å². The van der Waals surface area contributed by atoms with Crippen LogP contribution in [0.4, 0.5) is 0 Å². The summed E-state index contributed by atoms with van der Waals surface area (Å²) in [6, 6.07) is 20.1. The Labute approximate surface area is 171 Å². The summed E-state index contributed by atoms with van der Waals surface area (Å²) in [5.74, 6) is 1.93. The number of ether oxygens (including phenoxy) is 1. The Bertz CT molecular complexity index is 1230. The van der Waals surface area contributed by atoms with Crippen LogP contribution in [0, 0.1) is 11.3 Å². The van der Waals surface area contributed by atoms with E-state index in [1.165, 1.54) is 11.8 Å².